The molecule has 24 heavy (non-hydrogen) atoms. The summed E-state index contributed by atoms with van der Waals surface area (Å²) in [4.78, 5) is 14.3. The van der Waals surface area contributed by atoms with E-state index in [-0.39, 0.29) is 5.91 Å². The van der Waals surface area contributed by atoms with Gasteiger partial charge in [-0.15, -0.1) is 6.58 Å². The molecule has 1 saturated heterocycles. The lowest BCUT2D eigenvalue weighted by atomic mass is 10.2. The van der Waals surface area contributed by atoms with Gasteiger partial charge in [0.2, 0.25) is 0 Å². The molecule has 1 fully saturated rings. The molecule has 0 N–H and O–H groups in total. The largest absolute Gasteiger partial charge is 0.457 e. The molecule has 122 valence electrons. The van der Waals surface area contributed by atoms with Gasteiger partial charge in [0.25, 0.3) is 5.91 Å². The van der Waals surface area contributed by atoms with Gasteiger partial charge in [0.05, 0.1) is 4.91 Å². The zero-order valence-corrected chi connectivity index (χ0v) is 15.4. The summed E-state index contributed by atoms with van der Waals surface area (Å²) in [7, 11) is 0. The number of nitrogens with zero attached hydrogens (tertiary/aromatic N) is 1. The summed E-state index contributed by atoms with van der Waals surface area (Å²) in [6, 6.07) is 8.77. The number of amides is 1. The first-order valence-corrected chi connectivity index (χ1v) is 8.88. The second-order valence-electron chi connectivity index (χ2n) is 4.94. The van der Waals surface area contributed by atoms with Gasteiger partial charge in [-0.3, -0.25) is 9.69 Å². The maximum atomic E-state index is 12.3. The Morgan fingerprint density at radius 2 is 1.96 bits per heavy atom. The maximum Gasteiger partial charge on any atom is 0.266 e. The molecule has 2 aromatic rings. The van der Waals surface area contributed by atoms with Crippen LogP contribution in [0.5, 0.6) is 0 Å². The minimum Gasteiger partial charge on any atom is -0.457 e. The summed E-state index contributed by atoms with van der Waals surface area (Å²) in [5.74, 6) is 1.03. The van der Waals surface area contributed by atoms with E-state index in [1.807, 2.05) is 0 Å². The third kappa shape index (κ3) is 3.59. The Bertz CT molecular complexity index is 853. The van der Waals surface area contributed by atoms with Crippen LogP contribution in [0.15, 0.2) is 52.3 Å². The Hall–Kier alpha value is -1.53. The van der Waals surface area contributed by atoms with Gasteiger partial charge < -0.3 is 4.42 Å². The monoisotopic (exact) mass is 395 g/mol. The highest BCUT2D eigenvalue weighted by molar-refractivity contribution is 8.26. The Balaban J connectivity index is 1.87. The number of hydrogen-bond acceptors (Lipinski definition) is 4. The highest BCUT2D eigenvalue weighted by Crippen LogP contribution is 2.34. The lowest BCUT2D eigenvalue weighted by Crippen LogP contribution is -2.27. The van der Waals surface area contributed by atoms with E-state index in [2.05, 4.69) is 6.58 Å². The first kappa shape index (κ1) is 17.3. The second kappa shape index (κ2) is 7.15. The predicted octanol–water partition coefficient (Wildman–Crippen LogP) is 5.64. The molecule has 1 aliphatic heterocycles. The summed E-state index contributed by atoms with van der Waals surface area (Å²) < 4.78 is 6.29. The molecule has 1 aromatic carbocycles. The van der Waals surface area contributed by atoms with E-state index in [1.54, 1.807) is 42.5 Å². The third-order valence-electron chi connectivity index (χ3n) is 3.23. The average Bonchev–Trinajstić information content (AvgIpc) is 3.08. The molecule has 0 saturated carbocycles. The number of benzene rings is 1. The lowest BCUT2D eigenvalue weighted by Gasteiger charge is -2.10. The summed E-state index contributed by atoms with van der Waals surface area (Å²) >= 11 is 18.5. The van der Waals surface area contributed by atoms with Crippen molar-refractivity contribution in [1.29, 1.82) is 0 Å². The van der Waals surface area contributed by atoms with Crippen molar-refractivity contribution in [2.75, 3.05) is 6.54 Å². The van der Waals surface area contributed by atoms with Gasteiger partial charge in [-0.05, 0) is 30.3 Å². The molecule has 0 aliphatic carbocycles. The lowest BCUT2D eigenvalue weighted by molar-refractivity contribution is -0.121. The van der Waals surface area contributed by atoms with Crippen LogP contribution in [0.25, 0.3) is 17.4 Å². The number of halogens is 2. The molecule has 0 radical (unpaired) electrons. The van der Waals surface area contributed by atoms with Crippen molar-refractivity contribution >= 4 is 63.5 Å². The summed E-state index contributed by atoms with van der Waals surface area (Å²) in [5.41, 5.74) is 0.770. The summed E-state index contributed by atoms with van der Waals surface area (Å²) in [6.45, 7) is 4.03. The highest BCUT2D eigenvalue weighted by Gasteiger charge is 2.31. The van der Waals surface area contributed by atoms with Gasteiger partial charge in [-0.1, -0.05) is 53.3 Å². The molecular formula is C17H11Cl2NO2S2. The molecule has 1 aromatic heterocycles. The molecule has 0 bridgehead atoms. The van der Waals surface area contributed by atoms with E-state index >= 15 is 0 Å². The quantitative estimate of drug-likeness (QED) is 0.380. The van der Waals surface area contributed by atoms with Gasteiger partial charge in [0.15, 0.2) is 0 Å². The van der Waals surface area contributed by atoms with E-state index in [0.29, 0.717) is 37.3 Å². The molecule has 3 rings (SSSR count). The van der Waals surface area contributed by atoms with Crippen molar-refractivity contribution in [3.63, 3.8) is 0 Å². The topological polar surface area (TPSA) is 33.5 Å². The predicted molar refractivity (Wildman–Crippen MR) is 104 cm³/mol. The molecule has 0 atom stereocenters. The van der Waals surface area contributed by atoms with Crippen LogP contribution >= 0.6 is 47.2 Å². The van der Waals surface area contributed by atoms with Crippen molar-refractivity contribution in [2.45, 2.75) is 0 Å². The van der Waals surface area contributed by atoms with E-state index in [4.69, 9.17) is 39.8 Å². The number of hydrogen-bond donors (Lipinski definition) is 0. The number of thioether (sulfide) groups is 1. The molecule has 7 heteroatoms. The summed E-state index contributed by atoms with van der Waals surface area (Å²) in [5, 5.41) is 1.06. The minimum absolute atomic E-state index is 0.145. The average molecular weight is 396 g/mol. The van der Waals surface area contributed by atoms with Crippen LogP contribution in [0.1, 0.15) is 5.76 Å². The van der Waals surface area contributed by atoms with Crippen molar-refractivity contribution in [3.8, 4) is 11.3 Å². The maximum absolute atomic E-state index is 12.3. The van der Waals surface area contributed by atoms with Crippen molar-refractivity contribution in [1.82, 2.24) is 4.90 Å². The first-order valence-electron chi connectivity index (χ1n) is 6.90. The number of carbonyl (C=O) groups excluding carboxylic acids is 1. The Kier molecular flexibility index (Phi) is 5.15. The number of rotatable bonds is 4. The standard InChI is InChI=1S/C17H11Cl2NO2S2/c1-2-5-20-16(21)15(24-17(20)23)9-13-3-4-14(22-13)10-6-11(18)8-12(19)7-10/h2-4,6-9H,1,5H2/b15-9+. The Morgan fingerprint density at radius 1 is 1.25 bits per heavy atom. The van der Waals surface area contributed by atoms with E-state index in [1.165, 1.54) is 16.7 Å². The van der Waals surface area contributed by atoms with E-state index in [9.17, 15) is 4.79 Å². The minimum atomic E-state index is -0.145. The van der Waals surface area contributed by atoms with Crippen LogP contribution in [0.2, 0.25) is 10.0 Å². The normalized spacial score (nSPS) is 16.2. The van der Waals surface area contributed by atoms with Crippen LogP contribution in [-0.2, 0) is 4.79 Å². The van der Waals surface area contributed by atoms with E-state index < -0.39 is 0 Å². The van der Waals surface area contributed by atoms with E-state index in [0.717, 1.165) is 5.56 Å². The van der Waals surface area contributed by atoms with Gasteiger partial charge in [0, 0.05) is 28.2 Å². The third-order valence-corrected chi connectivity index (χ3v) is 5.05. The molecule has 0 spiro atoms. The van der Waals surface area contributed by atoms with Crippen LogP contribution < -0.4 is 0 Å². The number of thiocarbonyl (C=S) groups is 1. The number of carbonyl (C=O) groups is 1. The SMILES string of the molecule is C=CCN1C(=O)/C(=C\c2ccc(-c3cc(Cl)cc(Cl)c3)o2)SC1=S. The first-order chi connectivity index (χ1) is 11.5. The Morgan fingerprint density at radius 3 is 2.62 bits per heavy atom. The van der Waals surface area contributed by atoms with Crippen molar-refractivity contribution in [2.24, 2.45) is 0 Å². The van der Waals surface area contributed by atoms with Crippen LogP contribution in [0.3, 0.4) is 0 Å². The highest BCUT2D eigenvalue weighted by atomic mass is 35.5. The summed E-state index contributed by atoms with van der Waals surface area (Å²) in [6.07, 6.45) is 3.32. The van der Waals surface area contributed by atoms with Crippen LogP contribution in [-0.4, -0.2) is 21.7 Å². The molecule has 3 nitrogen and oxygen atoms in total. The fourth-order valence-corrected chi connectivity index (χ4v) is 3.98. The van der Waals surface area contributed by atoms with Crippen LogP contribution in [0.4, 0.5) is 0 Å². The van der Waals surface area contributed by atoms with Gasteiger partial charge in [-0.25, -0.2) is 0 Å². The van der Waals surface area contributed by atoms with Gasteiger partial charge >= 0.3 is 0 Å². The van der Waals surface area contributed by atoms with Crippen molar-refractivity contribution < 1.29 is 9.21 Å². The molecular weight excluding hydrogens is 385 g/mol. The fraction of sp³-hybridized carbons (Fsp3) is 0.0588. The smallest absolute Gasteiger partial charge is 0.266 e. The second-order valence-corrected chi connectivity index (χ2v) is 7.49. The van der Waals surface area contributed by atoms with Gasteiger partial charge in [-0.2, -0.15) is 0 Å². The molecule has 0 unspecified atom stereocenters. The zero-order valence-electron chi connectivity index (χ0n) is 12.3. The number of furan rings is 1. The molecule has 2 heterocycles. The molecule has 1 aliphatic rings. The Labute approximate surface area is 158 Å². The van der Waals surface area contributed by atoms with Crippen LogP contribution in [0, 0.1) is 0 Å². The zero-order chi connectivity index (χ0) is 17.3. The fourth-order valence-electron chi connectivity index (χ4n) is 2.20. The van der Waals surface area contributed by atoms with Gasteiger partial charge in [0.1, 0.15) is 15.8 Å². The van der Waals surface area contributed by atoms with Crippen molar-refractivity contribution in [3.05, 3.63) is 63.7 Å². The molecule has 1 amide bonds.